The summed E-state index contributed by atoms with van der Waals surface area (Å²) in [5.41, 5.74) is 0. The lowest BCUT2D eigenvalue weighted by atomic mass is 10.2. The zero-order chi connectivity index (χ0) is 17.0. The lowest BCUT2D eigenvalue weighted by Crippen LogP contribution is -1.98. The van der Waals surface area contributed by atoms with Crippen LogP contribution >= 0.6 is 0 Å². The fourth-order valence-electron chi connectivity index (χ4n) is 2.03. The molecule has 2 nitrogen and oxygen atoms in total. The van der Waals surface area contributed by atoms with Crippen LogP contribution < -0.4 is 0 Å². The molecule has 0 aromatic carbocycles. The van der Waals surface area contributed by atoms with Crippen molar-refractivity contribution in [3.63, 3.8) is 0 Å². The molecule has 0 rings (SSSR count). The van der Waals surface area contributed by atoms with Crippen LogP contribution in [-0.2, 0) is 9.53 Å². The highest BCUT2D eigenvalue weighted by Gasteiger charge is 1.96. The monoisotopic (exact) mass is 322 g/mol. The van der Waals surface area contributed by atoms with Gasteiger partial charge in [0.1, 0.15) is 0 Å². The zero-order valence-corrected chi connectivity index (χ0v) is 15.0. The topological polar surface area (TPSA) is 26.3 Å². The molecule has 0 amide bonds. The van der Waals surface area contributed by atoms with Crippen molar-refractivity contribution in [1.29, 1.82) is 0 Å². The van der Waals surface area contributed by atoms with Gasteiger partial charge >= 0.3 is 5.97 Å². The molecule has 0 fully saturated rings. The highest BCUT2D eigenvalue weighted by molar-refractivity contribution is 5.69. The molecule has 0 aliphatic carbocycles. The Morgan fingerprint density at radius 3 is 1.70 bits per heavy atom. The summed E-state index contributed by atoms with van der Waals surface area (Å²) in [4.78, 5) is 10.9. The number of hydrogen-bond donors (Lipinski definition) is 0. The zero-order valence-electron chi connectivity index (χ0n) is 15.0. The van der Waals surface area contributed by atoms with Gasteiger partial charge in [-0.25, -0.2) is 0 Å². The predicted octanol–water partition coefficient (Wildman–Crippen LogP) is 6.31. The number of unbranched alkanes of at least 4 members (excludes halogenated alkanes) is 4. The van der Waals surface area contributed by atoms with E-state index in [9.17, 15) is 4.79 Å². The Morgan fingerprint density at radius 2 is 1.22 bits per heavy atom. The van der Waals surface area contributed by atoms with Crippen molar-refractivity contribution in [3.8, 4) is 0 Å². The van der Waals surface area contributed by atoms with Gasteiger partial charge in [0.25, 0.3) is 0 Å². The lowest BCUT2D eigenvalue weighted by molar-refractivity contribution is -0.140. The smallest absolute Gasteiger partial charge is 0.305 e. The van der Waals surface area contributed by atoms with Gasteiger partial charge in [-0.05, 0) is 44.9 Å². The minimum Gasteiger partial charge on any atom is -0.469 e. The van der Waals surface area contributed by atoms with Crippen LogP contribution in [0.25, 0.3) is 0 Å². The fraction of sp³-hybridized carbons (Fsp3) is 0.571. The minimum atomic E-state index is -0.124. The molecule has 0 aromatic heterocycles. The molecule has 0 spiro atoms. The summed E-state index contributed by atoms with van der Waals surface area (Å²) in [5.74, 6) is -0.124. The summed E-state index contributed by atoms with van der Waals surface area (Å²) in [6.45, 7) is 2.24. The molecule has 2 heteroatoms. The lowest BCUT2D eigenvalue weighted by Gasteiger charge is -1.95. The average Bonchev–Trinajstić information content (AvgIpc) is 2.57. The van der Waals surface area contributed by atoms with Gasteiger partial charge in [-0.1, -0.05) is 68.4 Å². The highest BCUT2D eigenvalue weighted by atomic mass is 16.5. The van der Waals surface area contributed by atoms with Gasteiger partial charge in [0, 0.05) is 6.42 Å². The summed E-state index contributed by atoms with van der Waals surface area (Å²) in [6, 6.07) is 0. The van der Waals surface area contributed by atoms with E-state index in [1.165, 1.54) is 32.8 Å². The average molecular weight is 322 g/mol. The van der Waals surface area contributed by atoms with Crippen LogP contribution in [0.15, 0.2) is 48.6 Å². The van der Waals surface area contributed by atoms with Crippen LogP contribution in [0.5, 0.6) is 0 Å². The number of rotatable bonds is 14. The maximum Gasteiger partial charge on any atom is 0.305 e. The molecule has 0 saturated carbocycles. The van der Waals surface area contributed by atoms with E-state index in [2.05, 4.69) is 60.3 Å². The van der Waals surface area contributed by atoms with Crippen molar-refractivity contribution in [2.45, 2.75) is 71.1 Å². The van der Waals surface area contributed by atoms with Gasteiger partial charge in [0.05, 0.1) is 7.11 Å². The number of methoxy groups -OCH3 is 1. The van der Waals surface area contributed by atoms with E-state index in [0.717, 1.165) is 32.1 Å². The second-order valence-corrected chi connectivity index (χ2v) is 5.56. The van der Waals surface area contributed by atoms with E-state index < -0.39 is 0 Å². The third kappa shape index (κ3) is 18.4. The molecule has 0 bridgehead atoms. The summed E-state index contributed by atoms with van der Waals surface area (Å²) in [6.07, 6.45) is 28.1. The van der Waals surface area contributed by atoms with Crippen molar-refractivity contribution < 1.29 is 9.53 Å². The van der Waals surface area contributed by atoms with Gasteiger partial charge < -0.3 is 4.74 Å². The number of carbonyl (C=O) groups is 1. The number of carbonyl (C=O) groups excluding carboxylic acids is 1. The van der Waals surface area contributed by atoms with E-state index >= 15 is 0 Å². The number of esters is 1. The second-order valence-electron chi connectivity index (χ2n) is 5.56. The maximum atomic E-state index is 10.9. The Morgan fingerprint density at radius 1 is 0.739 bits per heavy atom. The molecule has 0 aromatic rings. The normalized spacial score (nSPS) is 12.3. The van der Waals surface area contributed by atoms with Gasteiger partial charge in [0.15, 0.2) is 0 Å². The molecule has 0 radical (unpaired) electrons. The Hall–Kier alpha value is -1.57. The quantitative estimate of drug-likeness (QED) is 0.162. The van der Waals surface area contributed by atoms with Gasteiger partial charge in [-0.3, -0.25) is 4.79 Å². The Kier molecular flexibility index (Phi) is 17.2. The van der Waals surface area contributed by atoms with Crippen LogP contribution in [0, 0.1) is 0 Å². The summed E-state index contributed by atoms with van der Waals surface area (Å²) in [5, 5.41) is 0. The first kappa shape index (κ1) is 21.4. The van der Waals surface area contributed by atoms with E-state index in [0.29, 0.717) is 6.42 Å². The van der Waals surface area contributed by atoms with Crippen molar-refractivity contribution >= 4 is 5.97 Å². The van der Waals surface area contributed by atoms with Crippen molar-refractivity contribution in [2.24, 2.45) is 0 Å². The molecule has 0 atom stereocenters. The van der Waals surface area contributed by atoms with Crippen LogP contribution in [0.3, 0.4) is 0 Å². The molecular formula is C21H34O2. The van der Waals surface area contributed by atoms with Crippen LogP contribution in [-0.4, -0.2) is 13.1 Å². The fourth-order valence-corrected chi connectivity index (χ4v) is 2.03. The third-order valence-corrected chi connectivity index (χ3v) is 3.44. The predicted molar refractivity (Wildman–Crippen MR) is 100 cm³/mol. The van der Waals surface area contributed by atoms with Gasteiger partial charge in [0.2, 0.25) is 0 Å². The summed E-state index contributed by atoms with van der Waals surface area (Å²) >= 11 is 0. The van der Waals surface area contributed by atoms with Crippen molar-refractivity contribution in [1.82, 2.24) is 0 Å². The first-order valence-electron chi connectivity index (χ1n) is 8.98. The SMILES string of the molecule is CCCCC/C=C\C/C=C\C/C=C\C/C=[13CH]\[13CH2][13CH2][13CH2]C(=O)OC. The molecule has 0 N–H and O–H groups in total. The number of ether oxygens (including phenoxy) is 1. The summed E-state index contributed by atoms with van der Waals surface area (Å²) in [7, 11) is 1.43. The van der Waals surface area contributed by atoms with E-state index in [4.69, 9.17) is 0 Å². The van der Waals surface area contributed by atoms with Crippen LogP contribution in [0.1, 0.15) is 71.1 Å². The van der Waals surface area contributed by atoms with E-state index in [1.807, 2.05) is 0 Å². The van der Waals surface area contributed by atoms with E-state index in [-0.39, 0.29) is 5.97 Å². The van der Waals surface area contributed by atoms with Crippen LogP contribution in [0.4, 0.5) is 0 Å². The Bertz CT molecular complexity index is 375. The molecule has 0 saturated heterocycles. The first-order chi connectivity index (χ1) is 11.3. The number of allylic oxidation sites excluding steroid dienone is 8. The molecule has 130 valence electrons. The minimum absolute atomic E-state index is 0.124. The maximum absolute atomic E-state index is 10.9. The van der Waals surface area contributed by atoms with Crippen molar-refractivity contribution in [3.05, 3.63) is 48.6 Å². The van der Waals surface area contributed by atoms with Crippen molar-refractivity contribution in [2.75, 3.05) is 7.11 Å². The highest BCUT2D eigenvalue weighted by Crippen LogP contribution is 2.01. The molecule has 0 aliphatic rings. The Labute approximate surface area is 143 Å². The molecule has 0 heterocycles. The molecule has 0 aliphatic heterocycles. The molecular weight excluding hydrogens is 288 g/mol. The number of hydrogen-bond acceptors (Lipinski definition) is 2. The standard InChI is InChI=1S/C21H34O2/c1-3-4-5-6-7-8-9-10-11-12-13-14-15-16-17-18-19-20-21(22)23-2/h7-8,10-11,13-14,16-17H,3-6,9,12,15,18-20H2,1-2H3/b8-7-,11-10-,14-13-,17-16-/i17+1,18+1,19+1,20+1. The first-order valence-corrected chi connectivity index (χ1v) is 8.98. The largest absolute Gasteiger partial charge is 0.469 e. The van der Waals surface area contributed by atoms with Gasteiger partial charge in [-0.2, -0.15) is 0 Å². The van der Waals surface area contributed by atoms with E-state index in [1.54, 1.807) is 0 Å². The van der Waals surface area contributed by atoms with Crippen LogP contribution in [0.2, 0.25) is 0 Å². The third-order valence-electron chi connectivity index (χ3n) is 3.44. The molecule has 23 heavy (non-hydrogen) atoms. The second kappa shape index (κ2) is 18.5. The van der Waals surface area contributed by atoms with Gasteiger partial charge in [-0.15, -0.1) is 0 Å². The Balaban J connectivity index is 3.42. The molecule has 0 unspecified atom stereocenters. The summed E-state index contributed by atoms with van der Waals surface area (Å²) < 4.78 is 4.59.